The topological polar surface area (TPSA) is 46.9 Å². The lowest BCUT2D eigenvalue weighted by Gasteiger charge is -2.26. The van der Waals surface area contributed by atoms with E-state index in [0.717, 1.165) is 70.9 Å². The van der Waals surface area contributed by atoms with E-state index in [4.69, 9.17) is 0 Å². The van der Waals surface area contributed by atoms with Crippen molar-refractivity contribution < 1.29 is 10.2 Å². The minimum atomic E-state index is 0.295. The van der Waals surface area contributed by atoms with Crippen LogP contribution in [0.3, 0.4) is 0 Å². The van der Waals surface area contributed by atoms with E-state index in [-0.39, 0.29) is 0 Å². The second-order valence-electron chi connectivity index (χ2n) is 14.1. The van der Waals surface area contributed by atoms with Gasteiger partial charge in [-0.15, -0.1) is 0 Å². The molecule has 0 aromatic heterocycles. The molecule has 0 spiro atoms. The molecule has 274 valence electrons. The third kappa shape index (κ3) is 8.67. The molecule has 0 heterocycles. The van der Waals surface area contributed by atoms with Gasteiger partial charge in [-0.2, -0.15) is 0 Å². The van der Waals surface area contributed by atoms with Crippen molar-refractivity contribution in [1.82, 2.24) is 0 Å². The predicted molar refractivity (Wildman–Crippen MR) is 232 cm³/mol. The molecule has 0 aliphatic heterocycles. The number of hydrogen-bond donors (Lipinski definition) is 2. The fourth-order valence-electron chi connectivity index (χ4n) is 7.26. The van der Waals surface area contributed by atoms with Crippen LogP contribution < -0.4 is 9.80 Å². The molecule has 0 radical (unpaired) electrons. The van der Waals surface area contributed by atoms with Gasteiger partial charge in [0.1, 0.15) is 11.5 Å². The Balaban J connectivity index is 1.03. The minimum absolute atomic E-state index is 0.295. The third-order valence-corrected chi connectivity index (χ3v) is 10.2. The molecular formula is C52H44N2O2. The van der Waals surface area contributed by atoms with Gasteiger partial charge in [0.05, 0.1) is 0 Å². The SMILES string of the molecule is Oc1ccc(CCc2cccc(N(c3ccccc3)c3ccc(-c4ccc(N(c5ccccc5)c5cccc(CCc6ccc(O)cc6)c5)cc4)cc3)c2)cc1. The van der Waals surface area contributed by atoms with E-state index in [2.05, 4.69) is 168 Å². The highest BCUT2D eigenvalue weighted by Gasteiger charge is 2.15. The molecule has 0 fully saturated rings. The van der Waals surface area contributed by atoms with Crippen LogP contribution in [-0.4, -0.2) is 10.2 Å². The number of aromatic hydroxyl groups is 2. The highest BCUT2D eigenvalue weighted by atomic mass is 16.3. The van der Waals surface area contributed by atoms with E-state index in [1.807, 2.05) is 24.3 Å². The standard InChI is InChI=1S/C52H44N2O2/c55-51-33-21-39(22-34-51)17-19-41-9-7-15-49(37-41)53(45-11-3-1-4-12-45)47-29-25-43(26-30-47)44-27-31-48(32-28-44)54(46-13-5-2-6-14-46)50-16-8-10-42(38-50)20-18-40-23-35-52(56)36-24-40/h1-16,21-38,55-56H,17-20H2. The van der Waals surface area contributed by atoms with Crippen LogP contribution >= 0.6 is 0 Å². The van der Waals surface area contributed by atoms with Crippen molar-refractivity contribution in [1.29, 1.82) is 0 Å². The summed E-state index contributed by atoms with van der Waals surface area (Å²) < 4.78 is 0. The number of aryl methyl sites for hydroxylation is 4. The first-order chi connectivity index (χ1) is 27.6. The molecule has 0 unspecified atom stereocenters. The van der Waals surface area contributed by atoms with Gasteiger partial charge in [0.15, 0.2) is 0 Å². The second-order valence-corrected chi connectivity index (χ2v) is 14.1. The Morgan fingerprint density at radius 1 is 0.268 bits per heavy atom. The van der Waals surface area contributed by atoms with E-state index in [0.29, 0.717) is 11.5 Å². The summed E-state index contributed by atoms with van der Waals surface area (Å²) in [6.07, 6.45) is 3.62. The summed E-state index contributed by atoms with van der Waals surface area (Å²) >= 11 is 0. The van der Waals surface area contributed by atoms with Crippen molar-refractivity contribution in [3.8, 4) is 22.6 Å². The number of rotatable bonds is 13. The van der Waals surface area contributed by atoms with Crippen molar-refractivity contribution in [2.24, 2.45) is 0 Å². The highest BCUT2D eigenvalue weighted by Crippen LogP contribution is 2.38. The molecule has 0 amide bonds. The van der Waals surface area contributed by atoms with Gasteiger partial charge >= 0.3 is 0 Å². The molecule has 4 heteroatoms. The zero-order valence-corrected chi connectivity index (χ0v) is 31.2. The molecule has 0 aliphatic rings. The lowest BCUT2D eigenvalue weighted by atomic mass is 10.0. The Kier molecular flexibility index (Phi) is 10.9. The zero-order valence-electron chi connectivity index (χ0n) is 31.2. The first kappa shape index (κ1) is 36.0. The minimum Gasteiger partial charge on any atom is -0.508 e. The van der Waals surface area contributed by atoms with Crippen molar-refractivity contribution in [3.05, 3.63) is 229 Å². The Morgan fingerprint density at radius 2 is 0.589 bits per heavy atom. The molecule has 56 heavy (non-hydrogen) atoms. The summed E-state index contributed by atoms with van der Waals surface area (Å²) in [5.74, 6) is 0.590. The van der Waals surface area contributed by atoms with Crippen LogP contribution in [0.25, 0.3) is 11.1 Å². The van der Waals surface area contributed by atoms with E-state index in [1.165, 1.54) is 22.3 Å². The first-order valence-electron chi connectivity index (χ1n) is 19.2. The summed E-state index contributed by atoms with van der Waals surface area (Å²) in [6, 6.07) is 71.3. The van der Waals surface area contributed by atoms with Gasteiger partial charge in [-0.25, -0.2) is 0 Å². The maximum absolute atomic E-state index is 9.69. The average Bonchev–Trinajstić information content (AvgIpc) is 3.25. The fourth-order valence-corrected chi connectivity index (χ4v) is 7.26. The summed E-state index contributed by atoms with van der Waals surface area (Å²) in [4.78, 5) is 4.63. The lowest BCUT2D eigenvalue weighted by molar-refractivity contribution is 0.474. The molecular weight excluding hydrogens is 685 g/mol. The predicted octanol–water partition coefficient (Wildman–Crippen LogP) is 13.3. The van der Waals surface area contributed by atoms with Gasteiger partial charge < -0.3 is 20.0 Å². The van der Waals surface area contributed by atoms with Crippen LogP contribution in [0, 0.1) is 0 Å². The van der Waals surface area contributed by atoms with Gasteiger partial charge in [-0.3, -0.25) is 0 Å². The summed E-state index contributed by atoms with van der Waals surface area (Å²) in [7, 11) is 0. The fraction of sp³-hybridized carbons (Fsp3) is 0.0769. The summed E-state index contributed by atoms with van der Waals surface area (Å²) in [5, 5.41) is 19.4. The van der Waals surface area contributed by atoms with Gasteiger partial charge in [-0.05, 0) is 156 Å². The molecule has 0 aliphatic carbocycles. The smallest absolute Gasteiger partial charge is 0.115 e. The van der Waals surface area contributed by atoms with Gasteiger partial charge in [0.2, 0.25) is 0 Å². The first-order valence-corrected chi connectivity index (χ1v) is 19.2. The van der Waals surface area contributed by atoms with Crippen molar-refractivity contribution in [3.63, 3.8) is 0 Å². The Hall–Kier alpha value is -7.04. The van der Waals surface area contributed by atoms with Crippen molar-refractivity contribution in [2.75, 3.05) is 9.80 Å². The Labute approximate surface area is 329 Å². The third-order valence-electron chi connectivity index (χ3n) is 10.2. The van der Waals surface area contributed by atoms with E-state index >= 15 is 0 Å². The molecule has 0 saturated carbocycles. The van der Waals surface area contributed by atoms with Crippen LogP contribution in [0.4, 0.5) is 34.1 Å². The normalized spacial score (nSPS) is 10.9. The molecule has 4 nitrogen and oxygen atoms in total. The Morgan fingerprint density at radius 3 is 0.964 bits per heavy atom. The zero-order chi connectivity index (χ0) is 38.1. The molecule has 0 atom stereocenters. The van der Waals surface area contributed by atoms with Crippen LogP contribution in [0.15, 0.2) is 206 Å². The number of benzene rings is 8. The molecule has 8 rings (SSSR count). The van der Waals surface area contributed by atoms with Crippen LogP contribution in [-0.2, 0) is 25.7 Å². The average molecular weight is 729 g/mol. The van der Waals surface area contributed by atoms with Crippen LogP contribution in [0.2, 0.25) is 0 Å². The molecule has 8 aromatic carbocycles. The number of hydrogen-bond acceptors (Lipinski definition) is 4. The van der Waals surface area contributed by atoms with E-state index < -0.39 is 0 Å². The van der Waals surface area contributed by atoms with Crippen molar-refractivity contribution >= 4 is 34.1 Å². The number of nitrogens with zero attached hydrogens (tertiary/aromatic N) is 2. The van der Waals surface area contributed by atoms with E-state index in [9.17, 15) is 10.2 Å². The quantitative estimate of drug-likeness (QED) is 0.124. The number of phenols is 2. The van der Waals surface area contributed by atoms with Gasteiger partial charge in [0.25, 0.3) is 0 Å². The molecule has 2 N–H and O–H groups in total. The number of phenolic OH excluding ortho intramolecular Hbond substituents is 2. The highest BCUT2D eigenvalue weighted by molar-refractivity contribution is 5.81. The van der Waals surface area contributed by atoms with Gasteiger partial charge in [-0.1, -0.05) is 109 Å². The lowest BCUT2D eigenvalue weighted by Crippen LogP contribution is -2.10. The largest absolute Gasteiger partial charge is 0.508 e. The number of anilines is 6. The molecule has 8 aromatic rings. The second kappa shape index (κ2) is 17.0. The maximum atomic E-state index is 9.69. The van der Waals surface area contributed by atoms with Gasteiger partial charge in [0, 0.05) is 34.1 Å². The Bertz CT molecular complexity index is 2290. The molecule has 0 saturated heterocycles. The monoisotopic (exact) mass is 728 g/mol. The number of para-hydroxylation sites is 2. The van der Waals surface area contributed by atoms with Crippen LogP contribution in [0.5, 0.6) is 11.5 Å². The van der Waals surface area contributed by atoms with Crippen molar-refractivity contribution in [2.45, 2.75) is 25.7 Å². The van der Waals surface area contributed by atoms with E-state index in [1.54, 1.807) is 24.3 Å². The maximum Gasteiger partial charge on any atom is 0.115 e. The summed E-state index contributed by atoms with van der Waals surface area (Å²) in [6.45, 7) is 0. The molecule has 0 bridgehead atoms. The van der Waals surface area contributed by atoms with Crippen LogP contribution in [0.1, 0.15) is 22.3 Å². The summed E-state index contributed by atoms with van der Waals surface area (Å²) in [5.41, 5.74) is 13.9.